The first-order valence-corrected chi connectivity index (χ1v) is 13.7. The number of anilines is 2. The van der Waals surface area contributed by atoms with Crippen LogP contribution in [0.2, 0.25) is 5.02 Å². The van der Waals surface area contributed by atoms with Gasteiger partial charge in [-0.3, -0.25) is 10.1 Å². The topological polar surface area (TPSA) is 95.8 Å². The minimum absolute atomic E-state index is 0.0225. The van der Waals surface area contributed by atoms with Crippen molar-refractivity contribution in [3.8, 4) is 0 Å². The molecule has 3 aromatic carbocycles. The van der Waals surface area contributed by atoms with E-state index < -0.39 is 10.0 Å². The van der Waals surface area contributed by atoms with E-state index in [-0.39, 0.29) is 21.5 Å². The van der Waals surface area contributed by atoms with E-state index in [0.29, 0.717) is 36.9 Å². The van der Waals surface area contributed by atoms with Crippen molar-refractivity contribution in [2.45, 2.75) is 30.7 Å². The molecule has 10 heteroatoms. The Balaban J connectivity index is 1.43. The Hall–Kier alpha value is -3.14. The van der Waals surface area contributed by atoms with Crippen molar-refractivity contribution in [2.24, 2.45) is 0 Å². The lowest BCUT2D eigenvalue weighted by molar-refractivity contribution is -0.384. The lowest BCUT2D eigenvalue weighted by Crippen LogP contribution is -2.48. The summed E-state index contributed by atoms with van der Waals surface area (Å²) in [4.78, 5) is 13.5. The van der Waals surface area contributed by atoms with Crippen LogP contribution in [0.5, 0.6) is 0 Å². The van der Waals surface area contributed by atoms with Gasteiger partial charge in [-0.1, -0.05) is 41.9 Å². The van der Waals surface area contributed by atoms with Gasteiger partial charge in [-0.05, 0) is 61.7 Å². The molecule has 1 atom stereocenters. The molecular weight excluding hydrogens is 500 g/mol. The number of nitrogens with zero attached hydrogens (tertiary/aromatic N) is 3. The zero-order valence-corrected chi connectivity index (χ0v) is 21.6. The highest BCUT2D eigenvalue weighted by atomic mass is 35.5. The van der Waals surface area contributed by atoms with Crippen LogP contribution in [0, 0.1) is 10.1 Å². The molecule has 1 unspecified atom stereocenters. The number of nitro benzene ring substituents is 1. The SMILES string of the molecule is CC(CCc1ccccc1)Nc1cc(N2CCN(S(=O)(=O)c3ccc(Cl)cc3)CC2)ccc1[N+](=O)[O-]. The largest absolute Gasteiger partial charge is 0.377 e. The van der Waals surface area contributed by atoms with E-state index in [9.17, 15) is 18.5 Å². The van der Waals surface area contributed by atoms with Crippen LogP contribution in [0.1, 0.15) is 18.9 Å². The van der Waals surface area contributed by atoms with E-state index in [4.69, 9.17) is 11.6 Å². The first kappa shape index (κ1) is 25.9. The zero-order chi connectivity index (χ0) is 25.7. The summed E-state index contributed by atoms with van der Waals surface area (Å²) in [5.41, 5.74) is 2.53. The fourth-order valence-corrected chi connectivity index (χ4v) is 5.85. The molecule has 1 fully saturated rings. The molecule has 1 N–H and O–H groups in total. The molecule has 8 nitrogen and oxygen atoms in total. The van der Waals surface area contributed by atoms with Gasteiger partial charge in [0.1, 0.15) is 5.69 Å². The molecule has 0 saturated carbocycles. The molecule has 190 valence electrons. The van der Waals surface area contributed by atoms with Crippen LogP contribution in [0.4, 0.5) is 17.1 Å². The summed E-state index contributed by atoms with van der Waals surface area (Å²) >= 11 is 5.89. The van der Waals surface area contributed by atoms with Crippen molar-refractivity contribution >= 4 is 38.7 Å². The summed E-state index contributed by atoms with van der Waals surface area (Å²) in [5, 5.41) is 15.4. The maximum Gasteiger partial charge on any atom is 0.292 e. The maximum absolute atomic E-state index is 13.0. The zero-order valence-electron chi connectivity index (χ0n) is 20.0. The van der Waals surface area contributed by atoms with Crippen molar-refractivity contribution in [3.63, 3.8) is 0 Å². The van der Waals surface area contributed by atoms with Gasteiger partial charge in [0.25, 0.3) is 5.69 Å². The molecule has 1 heterocycles. The van der Waals surface area contributed by atoms with Gasteiger partial charge < -0.3 is 10.2 Å². The average molecular weight is 529 g/mol. The Morgan fingerprint density at radius 2 is 1.67 bits per heavy atom. The van der Waals surface area contributed by atoms with E-state index in [1.165, 1.54) is 28.1 Å². The van der Waals surface area contributed by atoms with Crippen molar-refractivity contribution < 1.29 is 13.3 Å². The monoisotopic (exact) mass is 528 g/mol. The lowest BCUT2D eigenvalue weighted by Gasteiger charge is -2.35. The minimum atomic E-state index is -3.61. The van der Waals surface area contributed by atoms with Crippen molar-refractivity contribution in [1.82, 2.24) is 4.31 Å². The summed E-state index contributed by atoms with van der Waals surface area (Å²) in [7, 11) is -3.61. The second kappa shape index (κ2) is 11.3. The third kappa shape index (κ3) is 6.16. The molecule has 1 aliphatic rings. The van der Waals surface area contributed by atoms with Crippen LogP contribution in [-0.2, 0) is 16.4 Å². The molecule has 1 aliphatic heterocycles. The Bertz CT molecular complexity index is 1300. The van der Waals surface area contributed by atoms with Crippen LogP contribution in [0.3, 0.4) is 0 Å². The van der Waals surface area contributed by atoms with Crippen molar-refractivity contribution in [2.75, 3.05) is 36.4 Å². The summed E-state index contributed by atoms with van der Waals surface area (Å²) < 4.78 is 27.4. The molecule has 0 radical (unpaired) electrons. The van der Waals surface area contributed by atoms with Gasteiger partial charge in [-0.2, -0.15) is 4.31 Å². The predicted octanol–water partition coefficient (Wildman–Crippen LogP) is 5.19. The first-order valence-electron chi connectivity index (χ1n) is 11.8. The molecule has 0 aliphatic carbocycles. The minimum Gasteiger partial charge on any atom is -0.377 e. The Labute approximate surface area is 216 Å². The standard InChI is InChI=1S/C26H29ClN4O4S/c1-20(7-8-21-5-3-2-4-6-21)28-25-19-23(11-14-26(25)31(32)33)29-15-17-30(18-16-29)36(34,35)24-12-9-22(27)10-13-24/h2-6,9-14,19-20,28H,7-8,15-18H2,1H3. The normalized spacial score (nSPS) is 15.4. The maximum atomic E-state index is 13.0. The van der Waals surface area contributed by atoms with Gasteiger partial charge >= 0.3 is 0 Å². The summed E-state index contributed by atoms with van der Waals surface area (Å²) in [6, 6.07) is 21.3. The fraction of sp³-hybridized carbons (Fsp3) is 0.308. The number of aryl methyl sites for hydroxylation is 1. The average Bonchev–Trinajstić information content (AvgIpc) is 2.88. The Morgan fingerprint density at radius 3 is 2.31 bits per heavy atom. The van der Waals surface area contributed by atoms with Crippen LogP contribution in [-0.4, -0.2) is 49.9 Å². The van der Waals surface area contributed by atoms with Crippen molar-refractivity contribution in [1.29, 1.82) is 0 Å². The van der Waals surface area contributed by atoms with Crippen LogP contribution in [0.25, 0.3) is 0 Å². The number of sulfonamides is 1. The van der Waals surface area contributed by atoms with E-state index in [0.717, 1.165) is 18.5 Å². The van der Waals surface area contributed by atoms with E-state index in [1.807, 2.05) is 25.1 Å². The lowest BCUT2D eigenvalue weighted by atomic mass is 10.1. The molecule has 4 rings (SSSR count). The van der Waals surface area contributed by atoms with Crippen LogP contribution in [0.15, 0.2) is 77.7 Å². The number of hydrogen-bond acceptors (Lipinski definition) is 6. The molecule has 1 saturated heterocycles. The van der Waals surface area contributed by atoms with Crippen molar-refractivity contribution in [3.05, 3.63) is 93.5 Å². The molecule has 0 aromatic heterocycles. The van der Waals surface area contributed by atoms with E-state index in [1.54, 1.807) is 24.3 Å². The highest BCUT2D eigenvalue weighted by Gasteiger charge is 2.29. The number of nitro groups is 1. The molecule has 36 heavy (non-hydrogen) atoms. The summed E-state index contributed by atoms with van der Waals surface area (Å²) in [5.74, 6) is 0. The Morgan fingerprint density at radius 1 is 1.00 bits per heavy atom. The van der Waals surface area contributed by atoms with Gasteiger partial charge in [-0.25, -0.2) is 8.42 Å². The molecule has 3 aromatic rings. The van der Waals surface area contributed by atoms with Crippen LogP contribution >= 0.6 is 11.6 Å². The second-order valence-electron chi connectivity index (χ2n) is 8.87. The van der Waals surface area contributed by atoms with Gasteiger partial charge in [0.05, 0.1) is 9.82 Å². The highest BCUT2D eigenvalue weighted by molar-refractivity contribution is 7.89. The molecular formula is C26H29ClN4O4S. The van der Waals surface area contributed by atoms with E-state index in [2.05, 4.69) is 22.3 Å². The molecule has 0 spiro atoms. The number of hydrogen-bond donors (Lipinski definition) is 1. The quantitative estimate of drug-likeness (QED) is 0.303. The third-order valence-electron chi connectivity index (χ3n) is 6.34. The Kier molecular flexibility index (Phi) is 8.13. The second-order valence-corrected chi connectivity index (χ2v) is 11.2. The number of nitrogens with one attached hydrogen (secondary N) is 1. The predicted molar refractivity (Wildman–Crippen MR) is 143 cm³/mol. The summed E-state index contributed by atoms with van der Waals surface area (Å²) in [6.07, 6.45) is 1.69. The van der Waals surface area contributed by atoms with E-state index >= 15 is 0 Å². The number of benzene rings is 3. The van der Waals surface area contributed by atoms with Gasteiger partial charge in [0.15, 0.2) is 0 Å². The smallest absolute Gasteiger partial charge is 0.292 e. The first-order chi connectivity index (χ1) is 17.2. The number of halogens is 1. The van der Waals surface area contributed by atoms with Crippen LogP contribution < -0.4 is 10.2 Å². The number of piperazine rings is 1. The highest BCUT2D eigenvalue weighted by Crippen LogP contribution is 2.31. The molecule has 0 amide bonds. The third-order valence-corrected chi connectivity index (χ3v) is 8.51. The van der Waals surface area contributed by atoms with Gasteiger partial charge in [0.2, 0.25) is 10.0 Å². The number of rotatable bonds is 9. The fourth-order valence-electron chi connectivity index (χ4n) is 4.30. The summed E-state index contributed by atoms with van der Waals surface area (Å²) in [6.45, 7) is 3.61. The van der Waals surface area contributed by atoms with Gasteiger partial charge in [-0.15, -0.1) is 0 Å². The van der Waals surface area contributed by atoms with Gasteiger partial charge in [0, 0.05) is 49.0 Å². The molecule has 0 bridgehead atoms.